The highest BCUT2D eigenvalue weighted by Crippen LogP contribution is 2.14. The first-order valence-corrected chi connectivity index (χ1v) is 5.95. The van der Waals surface area contributed by atoms with Crippen LogP contribution in [0, 0.1) is 13.8 Å². The number of carbonyl (C=O) groups is 1. The van der Waals surface area contributed by atoms with Gasteiger partial charge in [0, 0.05) is 37.6 Å². The standard InChI is InChI=1S/C12H22N4O/c1-4-16-9(2)7-11(10(16)3)8-14-5-6-15-12(13)17/h7,14H,4-6,8H2,1-3H3,(H3,13,15,17). The van der Waals surface area contributed by atoms with Crippen LogP contribution < -0.4 is 16.4 Å². The maximum atomic E-state index is 10.5. The van der Waals surface area contributed by atoms with Crippen molar-refractivity contribution in [3.8, 4) is 0 Å². The minimum Gasteiger partial charge on any atom is -0.352 e. The molecule has 2 amide bonds. The van der Waals surface area contributed by atoms with Gasteiger partial charge < -0.3 is 20.9 Å². The van der Waals surface area contributed by atoms with Gasteiger partial charge in [-0.3, -0.25) is 0 Å². The molecule has 0 aliphatic heterocycles. The van der Waals surface area contributed by atoms with Crippen molar-refractivity contribution in [2.24, 2.45) is 5.73 Å². The highest BCUT2D eigenvalue weighted by Gasteiger charge is 2.06. The Kier molecular flexibility index (Phi) is 5.03. The van der Waals surface area contributed by atoms with E-state index in [4.69, 9.17) is 5.73 Å². The van der Waals surface area contributed by atoms with E-state index in [9.17, 15) is 4.79 Å². The molecule has 0 unspecified atom stereocenters. The summed E-state index contributed by atoms with van der Waals surface area (Å²) in [5, 5.41) is 5.82. The fourth-order valence-corrected chi connectivity index (χ4v) is 2.04. The molecule has 0 spiro atoms. The minimum atomic E-state index is -0.476. The van der Waals surface area contributed by atoms with Crippen molar-refractivity contribution in [2.45, 2.75) is 33.9 Å². The Morgan fingerprint density at radius 2 is 2.12 bits per heavy atom. The normalized spacial score (nSPS) is 10.5. The number of hydrogen-bond donors (Lipinski definition) is 3. The molecule has 1 heterocycles. The average molecular weight is 238 g/mol. The van der Waals surface area contributed by atoms with Crippen molar-refractivity contribution in [3.63, 3.8) is 0 Å². The monoisotopic (exact) mass is 238 g/mol. The summed E-state index contributed by atoms with van der Waals surface area (Å²) in [4.78, 5) is 10.5. The minimum absolute atomic E-state index is 0.476. The number of nitrogens with two attached hydrogens (primary N) is 1. The molecule has 1 aromatic heterocycles. The first-order chi connectivity index (χ1) is 8.06. The van der Waals surface area contributed by atoms with Gasteiger partial charge in [0.25, 0.3) is 0 Å². The Balaban J connectivity index is 2.39. The predicted molar refractivity (Wildman–Crippen MR) is 68.9 cm³/mol. The van der Waals surface area contributed by atoms with E-state index in [0.29, 0.717) is 6.54 Å². The topological polar surface area (TPSA) is 72.1 Å². The van der Waals surface area contributed by atoms with Crippen LogP contribution in [-0.4, -0.2) is 23.7 Å². The number of carbonyl (C=O) groups excluding carboxylic acids is 1. The number of primary amides is 1. The first kappa shape index (κ1) is 13.6. The molecule has 1 rings (SSSR count). The summed E-state index contributed by atoms with van der Waals surface area (Å²) in [6.45, 7) is 9.50. The van der Waals surface area contributed by atoms with Crippen LogP contribution in [0.1, 0.15) is 23.9 Å². The number of hydrogen-bond acceptors (Lipinski definition) is 2. The number of nitrogens with zero attached hydrogens (tertiary/aromatic N) is 1. The predicted octanol–water partition coefficient (Wildman–Crippen LogP) is 0.883. The molecule has 0 aliphatic rings. The summed E-state index contributed by atoms with van der Waals surface area (Å²) >= 11 is 0. The van der Waals surface area contributed by atoms with Crippen LogP contribution in [0.2, 0.25) is 0 Å². The van der Waals surface area contributed by atoms with Gasteiger partial charge in [0.05, 0.1) is 0 Å². The van der Waals surface area contributed by atoms with Gasteiger partial charge in [-0.1, -0.05) is 0 Å². The Morgan fingerprint density at radius 1 is 1.41 bits per heavy atom. The van der Waals surface area contributed by atoms with Crippen molar-refractivity contribution in [3.05, 3.63) is 23.0 Å². The number of urea groups is 1. The van der Waals surface area contributed by atoms with Crippen LogP contribution in [0.3, 0.4) is 0 Å². The van der Waals surface area contributed by atoms with Crippen LogP contribution in [0.4, 0.5) is 4.79 Å². The number of aryl methyl sites for hydroxylation is 1. The summed E-state index contributed by atoms with van der Waals surface area (Å²) in [6.07, 6.45) is 0. The summed E-state index contributed by atoms with van der Waals surface area (Å²) in [5.74, 6) is 0. The van der Waals surface area contributed by atoms with Gasteiger partial charge in [-0.25, -0.2) is 4.79 Å². The second-order valence-corrected chi connectivity index (χ2v) is 4.11. The van der Waals surface area contributed by atoms with Crippen molar-refractivity contribution in [1.82, 2.24) is 15.2 Å². The van der Waals surface area contributed by atoms with Gasteiger partial charge in [-0.15, -0.1) is 0 Å². The summed E-state index contributed by atoms with van der Waals surface area (Å²) in [6, 6.07) is 1.73. The molecular formula is C12H22N4O. The second kappa shape index (κ2) is 6.30. The molecule has 0 saturated heterocycles. The molecule has 5 nitrogen and oxygen atoms in total. The molecule has 5 heteroatoms. The molecule has 0 radical (unpaired) electrons. The first-order valence-electron chi connectivity index (χ1n) is 5.95. The van der Waals surface area contributed by atoms with E-state index in [2.05, 4.69) is 42.0 Å². The lowest BCUT2D eigenvalue weighted by atomic mass is 10.2. The SMILES string of the molecule is CCn1c(C)cc(CNCCNC(N)=O)c1C. The van der Waals surface area contributed by atoms with Gasteiger partial charge in [-0.2, -0.15) is 0 Å². The molecule has 4 N–H and O–H groups in total. The molecule has 0 saturated carbocycles. The van der Waals surface area contributed by atoms with Gasteiger partial charge in [0.1, 0.15) is 0 Å². The zero-order chi connectivity index (χ0) is 12.8. The lowest BCUT2D eigenvalue weighted by molar-refractivity contribution is 0.249. The zero-order valence-electron chi connectivity index (χ0n) is 10.8. The number of amides is 2. The second-order valence-electron chi connectivity index (χ2n) is 4.11. The molecule has 0 aliphatic carbocycles. The van der Waals surface area contributed by atoms with Crippen molar-refractivity contribution in [2.75, 3.05) is 13.1 Å². The number of aromatic nitrogens is 1. The van der Waals surface area contributed by atoms with Crippen molar-refractivity contribution >= 4 is 6.03 Å². The maximum absolute atomic E-state index is 10.5. The van der Waals surface area contributed by atoms with Gasteiger partial charge in [0.15, 0.2) is 0 Å². The third-order valence-corrected chi connectivity index (χ3v) is 2.91. The van der Waals surface area contributed by atoms with Crippen molar-refractivity contribution < 1.29 is 4.79 Å². The zero-order valence-corrected chi connectivity index (χ0v) is 10.8. The van der Waals surface area contributed by atoms with E-state index in [1.807, 2.05) is 0 Å². The maximum Gasteiger partial charge on any atom is 0.312 e. The number of rotatable bonds is 6. The molecule has 1 aromatic rings. The molecule has 96 valence electrons. The fraction of sp³-hybridized carbons (Fsp3) is 0.583. The highest BCUT2D eigenvalue weighted by molar-refractivity contribution is 5.71. The van der Waals surface area contributed by atoms with Crippen LogP contribution in [0.15, 0.2) is 6.07 Å². The fourth-order valence-electron chi connectivity index (χ4n) is 2.04. The van der Waals surface area contributed by atoms with Gasteiger partial charge in [-0.05, 0) is 32.4 Å². The van der Waals surface area contributed by atoms with E-state index in [1.165, 1.54) is 17.0 Å². The van der Waals surface area contributed by atoms with Crippen LogP contribution in [-0.2, 0) is 13.1 Å². The lowest BCUT2D eigenvalue weighted by Crippen LogP contribution is -2.35. The highest BCUT2D eigenvalue weighted by atomic mass is 16.2. The largest absolute Gasteiger partial charge is 0.352 e. The van der Waals surface area contributed by atoms with E-state index in [-0.39, 0.29) is 0 Å². The van der Waals surface area contributed by atoms with E-state index >= 15 is 0 Å². The molecule has 17 heavy (non-hydrogen) atoms. The van der Waals surface area contributed by atoms with E-state index in [1.54, 1.807) is 0 Å². The smallest absolute Gasteiger partial charge is 0.312 e. The van der Waals surface area contributed by atoms with Crippen LogP contribution >= 0.6 is 0 Å². The van der Waals surface area contributed by atoms with Crippen molar-refractivity contribution in [1.29, 1.82) is 0 Å². The van der Waals surface area contributed by atoms with Gasteiger partial charge >= 0.3 is 6.03 Å². The number of nitrogens with one attached hydrogen (secondary N) is 2. The molecular weight excluding hydrogens is 216 g/mol. The van der Waals surface area contributed by atoms with E-state index < -0.39 is 6.03 Å². The lowest BCUT2D eigenvalue weighted by Gasteiger charge is -2.07. The third-order valence-electron chi connectivity index (χ3n) is 2.91. The molecule has 0 aromatic carbocycles. The molecule has 0 atom stereocenters. The summed E-state index contributed by atoms with van der Waals surface area (Å²) < 4.78 is 2.29. The van der Waals surface area contributed by atoms with E-state index in [0.717, 1.165) is 19.6 Å². The van der Waals surface area contributed by atoms with Crippen LogP contribution in [0.5, 0.6) is 0 Å². The van der Waals surface area contributed by atoms with Gasteiger partial charge in [0.2, 0.25) is 0 Å². The Bertz CT molecular complexity index is 384. The third kappa shape index (κ3) is 3.78. The summed E-state index contributed by atoms with van der Waals surface area (Å²) in [5.41, 5.74) is 8.87. The Morgan fingerprint density at radius 3 is 2.65 bits per heavy atom. The quantitative estimate of drug-likeness (QED) is 0.644. The Hall–Kier alpha value is -1.49. The molecule has 0 fully saturated rings. The average Bonchev–Trinajstić information content (AvgIpc) is 2.53. The molecule has 0 bridgehead atoms. The van der Waals surface area contributed by atoms with Crippen LogP contribution in [0.25, 0.3) is 0 Å². The Labute approximate surface area is 102 Å². The summed E-state index contributed by atoms with van der Waals surface area (Å²) in [7, 11) is 0.